The molecule has 1 aromatic carbocycles. The van der Waals surface area contributed by atoms with Crippen molar-refractivity contribution in [1.29, 1.82) is 0 Å². The van der Waals surface area contributed by atoms with Gasteiger partial charge in [-0.1, -0.05) is 39.8 Å². The molecule has 1 heterocycles. The number of benzene rings is 1. The number of ketones is 1. The van der Waals surface area contributed by atoms with Crippen molar-refractivity contribution in [2.45, 2.75) is 97.2 Å². The van der Waals surface area contributed by atoms with Gasteiger partial charge in [-0.05, 0) is 79.9 Å². The number of esters is 1. The summed E-state index contributed by atoms with van der Waals surface area (Å²) in [6.45, 7) is 17.1. The zero-order valence-corrected chi connectivity index (χ0v) is 27.8. The van der Waals surface area contributed by atoms with Crippen LogP contribution in [0.4, 0.5) is 0 Å². The maximum absolute atomic E-state index is 13.6. The summed E-state index contributed by atoms with van der Waals surface area (Å²) in [6.07, 6.45) is 4.04. The van der Waals surface area contributed by atoms with Crippen molar-refractivity contribution in [3.8, 4) is 0 Å². The molecule has 3 aliphatic carbocycles. The standard InChI is InChI=1S/C34H48BNO7S/c1-8-32(6)16-26(33(7)20(2)11-13-34(21(3)29(32)39)14-12-25(37)28(33)34)43-27(38)18-44-31(4,5)19-36-30(40)22-9-10-23-17-42-35(41)24(23)15-22/h8-10,15,20-21,26,28-29,39,41H,1,11-14,16-19H2,2-7H3,(H,36,40)/t20-,21+,26-,28+,29+,32-,33+,34+/m1/s1. The molecule has 1 amide bonds. The lowest BCUT2D eigenvalue weighted by Crippen LogP contribution is -2.63. The average Bonchev–Trinajstić information content (AvgIpc) is 3.55. The van der Waals surface area contributed by atoms with Crippen molar-refractivity contribution in [3.63, 3.8) is 0 Å². The summed E-state index contributed by atoms with van der Waals surface area (Å²) in [5.74, 6) is -0.482. The van der Waals surface area contributed by atoms with Crippen LogP contribution in [0.15, 0.2) is 30.9 Å². The third kappa shape index (κ3) is 5.58. The van der Waals surface area contributed by atoms with Gasteiger partial charge in [0, 0.05) is 40.0 Å². The fourth-order valence-corrected chi connectivity index (χ4v) is 9.50. The van der Waals surface area contributed by atoms with E-state index in [-0.39, 0.29) is 46.6 Å². The number of aliphatic hydroxyl groups is 1. The maximum atomic E-state index is 13.6. The summed E-state index contributed by atoms with van der Waals surface area (Å²) in [5.41, 5.74) is 0.365. The van der Waals surface area contributed by atoms with E-state index in [0.717, 1.165) is 24.8 Å². The molecule has 0 saturated heterocycles. The van der Waals surface area contributed by atoms with Gasteiger partial charge < -0.3 is 24.8 Å². The van der Waals surface area contributed by atoms with Crippen molar-refractivity contribution >= 4 is 42.0 Å². The van der Waals surface area contributed by atoms with Gasteiger partial charge in [-0.25, -0.2) is 0 Å². The van der Waals surface area contributed by atoms with E-state index in [0.29, 0.717) is 37.0 Å². The highest BCUT2D eigenvalue weighted by molar-refractivity contribution is 8.01. The minimum atomic E-state index is -1.02. The first-order valence-corrected chi connectivity index (χ1v) is 16.9. The lowest BCUT2D eigenvalue weighted by molar-refractivity contribution is -0.205. The molecular weight excluding hydrogens is 577 g/mol. The molecule has 0 unspecified atom stereocenters. The fraction of sp³-hybridized carbons (Fsp3) is 0.676. The first kappa shape index (κ1) is 33.2. The van der Waals surface area contributed by atoms with Crippen LogP contribution in [0.25, 0.3) is 0 Å². The van der Waals surface area contributed by atoms with Gasteiger partial charge in [0.15, 0.2) is 0 Å². The van der Waals surface area contributed by atoms with E-state index in [1.807, 2.05) is 26.8 Å². The van der Waals surface area contributed by atoms with Crippen LogP contribution in [-0.2, 0) is 25.6 Å². The highest BCUT2D eigenvalue weighted by Crippen LogP contribution is 2.68. The molecule has 8 nitrogen and oxygen atoms in total. The quantitative estimate of drug-likeness (QED) is 0.225. The predicted octanol–water partition coefficient (Wildman–Crippen LogP) is 4.05. The summed E-state index contributed by atoms with van der Waals surface area (Å²) < 4.78 is 11.1. The maximum Gasteiger partial charge on any atom is 0.491 e. The number of nitrogens with one attached hydrogen (secondary N) is 1. The third-order valence-electron chi connectivity index (χ3n) is 11.9. The molecule has 1 aliphatic heterocycles. The van der Waals surface area contributed by atoms with Gasteiger partial charge in [-0.2, -0.15) is 0 Å². The molecule has 3 saturated carbocycles. The van der Waals surface area contributed by atoms with Crippen LogP contribution in [0.2, 0.25) is 0 Å². The molecule has 3 N–H and O–H groups in total. The molecule has 0 aromatic heterocycles. The molecule has 10 heteroatoms. The number of hydrogen-bond donors (Lipinski definition) is 3. The van der Waals surface area contributed by atoms with Crippen molar-refractivity contribution in [2.75, 3.05) is 12.3 Å². The highest BCUT2D eigenvalue weighted by Gasteiger charge is 2.68. The second-order valence-corrected chi connectivity index (χ2v) is 16.6. The molecule has 1 aromatic rings. The van der Waals surface area contributed by atoms with E-state index in [2.05, 4.69) is 32.7 Å². The highest BCUT2D eigenvalue weighted by atomic mass is 32.2. The lowest BCUT2D eigenvalue weighted by atomic mass is 9.44. The molecular formula is C34H48BNO7S. The van der Waals surface area contributed by atoms with Gasteiger partial charge in [0.25, 0.3) is 5.91 Å². The van der Waals surface area contributed by atoms with Crippen molar-refractivity contribution in [2.24, 2.45) is 34.0 Å². The van der Waals surface area contributed by atoms with Crippen LogP contribution < -0.4 is 10.8 Å². The van der Waals surface area contributed by atoms with Gasteiger partial charge in [0.1, 0.15) is 11.9 Å². The normalized spacial score (nSPS) is 36.6. The van der Waals surface area contributed by atoms with E-state index in [4.69, 9.17) is 9.39 Å². The zero-order chi connectivity index (χ0) is 32.2. The van der Waals surface area contributed by atoms with Gasteiger partial charge in [0.05, 0.1) is 18.5 Å². The topological polar surface area (TPSA) is 122 Å². The summed E-state index contributed by atoms with van der Waals surface area (Å²) in [6, 6.07) is 5.16. The summed E-state index contributed by atoms with van der Waals surface area (Å²) in [4.78, 5) is 40.0. The third-order valence-corrected chi connectivity index (χ3v) is 13.2. The lowest BCUT2D eigenvalue weighted by Gasteiger charge is -2.61. The van der Waals surface area contributed by atoms with Crippen LogP contribution in [-0.4, -0.2) is 64.2 Å². The Morgan fingerprint density at radius 2 is 2.00 bits per heavy atom. The van der Waals surface area contributed by atoms with E-state index in [9.17, 15) is 24.5 Å². The van der Waals surface area contributed by atoms with E-state index in [1.54, 1.807) is 18.2 Å². The molecule has 4 aliphatic rings. The summed E-state index contributed by atoms with van der Waals surface area (Å²) >= 11 is 1.40. The average molecular weight is 626 g/mol. The number of aliphatic hydroxyl groups excluding tert-OH is 1. The van der Waals surface area contributed by atoms with Crippen LogP contribution in [0.3, 0.4) is 0 Å². The fourth-order valence-electron chi connectivity index (χ4n) is 8.75. The van der Waals surface area contributed by atoms with E-state index >= 15 is 0 Å². The Morgan fingerprint density at radius 1 is 1.27 bits per heavy atom. The van der Waals surface area contributed by atoms with Crippen LogP contribution in [0.1, 0.15) is 89.6 Å². The van der Waals surface area contributed by atoms with E-state index < -0.39 is 34.9 Å². The van der Waals surface area contributed by atoms with E-state index in [1.165, 1.54) is 11.8 Å². The number of Topliss-reactive ketones (excluding diaryl/α,β-unsaturated/α-hetero) is 1. The molecule has 3 fully saturated rings. The Balaban J connectivity index is 1.28. The Morgan fingerprint density at radius 3 is 2.70 bits per heavy atom. The molecule has 240 valence electrons. The molecule has 0 spiro atoms. The minimum Gasteiger partial charge on any atom is -0.461 e. The van der Waals surface area contributed by atoms with Gasteiger partial charge in [-0.15, -0.1) is 18.3 Å². The largest absolute Gasteiger partial charge is 0.491 e. The second-order valence-electron chi connectivity index (χ2n) is 14.9. The van der Waals surface area contributed by atoms with Crippen LogP contribution in [0, 0.1) is 34.0 Å². The van der Waals surface area contributed by atoms with Gasteiger partial charge in [0.2, 0.25) is 0 Å². The van der Waals surface area contributed by atoms with Crippen molar-refractivity contribution in [3.05, 3.63) is 42.0 Å². The molecule has 44 heavy (non-hydrogen) atoms. The minimum absolute atomic E-state index is 0.0767. The summed E-state index contributed by atoms with van der Waals surface area (Å²) in [5, 5.41) is 24.7. The number of carbonyl (C=O) groups excluding carboxylic acids is 3. The molecule has 8 atom stereocenters. The Labute approximate surface area is 266 Å². The van der Waals surface area contributed by atoms with Gasteiger partial charge >= 0.3 is 13.1 Å². The first-order valence-electron chi connectivity index (χ1n) is 16.0. The van der Waals surface area contributed by atoms with Crippen LogP contribution >= 0.6 is 11.8 Å². The molecule has 0 radical (unpaired) electrons. The predicted molar refractivity (Wildman–Crippen MR) is 172 cm³/mol. The number of carbonyl (C=O) groups is 3. The van der Waals surface area contributed by atoms with Crippen LogP contribution in [0.5, 0.6) is 0 Å². The number of rotatable bonds is 8. The Hall–Kier alpha value is -2.14. The number of ether oxygens (including phenoxy) is 1. The van der Waals surface area contributed by atoms with Crippen molar-refractivity contribution < 1.29 is 33.9 Å². The second kappa shape index (κ2) is 11.9. The smallest absolute Gasteiger partial charge is 0.461 e. The Kier molecular flexibility index (Phi) is 8.99. The summed E-state index contributed by atoms with van der Waals surface area (Å²) in [7, 11) is -1.02. The zero-order valence-electron chi connectivity index (χ0n) is 27.0. The SMILES string of the molecule is C=C[C@]1(C)C[C@@H](OC(=O)CSC(C)(C)CNC(=O)c2ccc3c(c2)B(O)OC3)[C@]2(C)[C@H](C)CC[C@]3(CCC(=O)[C@H]32)[C@@H](C)[C@@H]1O. The number of amides is 1. The number of hydrogen-bond acceptors (Lipinski definition) is 8. The van der Waals surface area contributed by atoms with Crippen molar-refractivity contribution in [1.82, 2.24) is 5.32 Å². The molecule has 5 rings (SSSR count). The monoisotopic (exact) mass is 625 g/mol. The first-order chi connectivity index (χ1) is 20.6. The number of fused-ring (bicyclic) bond motifs is 1. The number of thioether (sulfide) groups is 1. The van der Waals surface area contributed by atoms with Gasteiger partial charge in [-0.3, -0.25) is 14.4 Å². The molecule has 2 bridgehead atoms. The Bertz CT molecular complexity index is 1340.